The van der Waals surface area contributed by atoms with Gasteiger partial charge in [-0.15, -0.1) is 0 Å². The van der Waals surface area contributed by atoms with Gasteiger partial charge in [-0.05, 0) is 29.7 Å². The van der Waals surface area contributed by atoms with Crippen LogP contribution in [-0.2, 0) is 15.1 Å². The van der Waals surface area contributed by atoms with Gasteiger partial charge in [0.25, 0.3) is 0 Å². The molecule has 2 aliphatic rings. The molecule has 1 saturated heterocycles. The Kier molecular flexibility index (Phi) is 1.99. The SMILES string of the molecule is CC1=CC2(NC(=O)CCC2=O)c2ccccc21. The molecule has 1 amide bonds. The lowest BCUT2D eigenvalue weighted by Gasteiger charge is -2.32. The molecule has 0 radical (unpaired) electrons. The van der Waals surface area contributed by atoms with Crippen LogP contribution in [-0.4, -0.2) is 11.7 Å². The summed E-state index contributed by atoms with van der Waals surface area (Å²) in [6.07, 6.45) is 2.51. The van der Waals surface area contributed by atoms with Crippen molar-refractivity contribution < 1.29 is 9.59 Å². The zero-order chi connectivity index (χ0) is 12.0. The number of piperidine rings is 1. The van der Waals surface area contributed by atoms with Crippen LogP contribution in [0.5, 0.6) is 0 Å². The lowest BCUT2D eigenvalue weighted by molar-refractivity contribution is -0.135. The van der Waals surface area contributed by atoms with Gasteiger partial charge in [0.1, 0.15) is 5.54 Å². The van der Waals surface area contributed by atoms with Crippen LogP contribution in [0, 0.1) is 0 Å². The van der Waals surface area contributed by atoms with E-state index in [0.717, 1.165) is 16.7 Å². The second-order valence-corrected chi connectivity index (χ2v) is 4.65. The summed E-state index contributed by atoms with van der Waals surface area (Å²) in [5, 5.41) is 2.86. The Balaban J connectivity index is 2.22. The largest absolute Gasteiger partial charge is 0.336 e. The molecule has 1 fully saturated rings. The van der Waals surface area contributed by atoms with Crippen molar-refractivity contribution in [2.75, 3.05) is 0 Å². The Morgan fingerprint density at radius 1 is 1.18 bits per heavy atom. The Morgan fingerprint density at radius 2 is 1.94 bits per heavy atom. The number of hydrogen-bond donors (Lipinski definition) is 1. The highest BCUT2D eigenvalue weighted by Gasteiger charge is 2.46. The highest BCUT2D eigenvalue weighted by Crippen LogP contribution is 2.41. The van der Waals surface area contributed by atoms with Crippen LogP contribution in [0.1, 0.15) is 30.9 Å². The number of carbonyl (C=O) groups excluding carboxylic acids is 2. The summed E-state index contributed by atoms with van der Waals surface area (Å²) in [5.74, 6) is 0.0340. The van der Waals surface area contributed by atoms with Gasteiger partial charge in [0.2, 0.25) is 5.91 Å². The first-order valence-corrected chi connectivity index (χ1v) is 5.77. The molecule has 3 nitrogen and oxygen atoms in total. The fourth-order valence-corrected chi connectivity index (χ4v) is 2.76. The van der Waals surface area contributed by atoms with E-state index >= 15 is 0 Å². The first kappa shape index (κ1) is 10.3. The van der Waals surface area contributed by atoms with Crippen molar-refractivity contribution in [3.63, 3.8) is 0 Å². The van der Waals surface area contributed by atoms with Crippen LogP contribution in [0.25, 0.3) is 5.57 Å². The van der Waals surface area contributed by atoms with E-state index in [-0.39, 0.29) is 11.7 Å². The number of hydrogen-bond acceptors (Lipinski definition) is 2. The number of nitrogens with one attached hydrogen (secondary N) is 1. The number of allylic oxidation sites excluding steroid dienone is 1. The fourth-order valence-electron chi connectivity index (χ4n) is 2.76. The summed E-state index contributed by atoms with van der Waals surface area (Å²) in [4.78, 5) is 23.8. The van der Waals surface area contributed by atoms with Gasteiger partial charge in [-0.25, -0.2) is 0 Å². The maximum Gasteiger partial charge on any atom is 0.221 e. The van der Waals surface area contributed by atoms with Crippen molar-refractivity contribution in [3.8, 4) is 0 Å². The lowest BCUT2D eigenvalue weighted by Crippen LogP contribution is -2.53. The van der Waals surface area contributed by atoms with E-state index in [1.165, 1.54) is 0 Å². The van der Waals surface area contributed by atoms with Gasteiger partial charge in [0.05, 0.1) is 0 Å². The molecule has 86 valence electrons. The molecule has 1 aliphatic carbocycles. The maximum absolute atomic E-state index is 12.2. The summed E-state index contributed by atoms with van der Waals surface area (Å²) in [5.41, 5.74) is 2.13. The molecule has 1 aromatic rings. The van der Waals surface area contributed by atoms with Gasteiger partial charge < -0.3 is 5.32 Å². The van der Waals surface area contributed by atoms with E-state index in [1.807, 2.05) is 37.3 Å². The predicted molar refractivity (Wildman–Crippen MR) is 64.2 cm³/mol. The quantitative estimate of drug-likeness (QED) is 0.734. The highest BCUT2D eigenvalue weighted by atomic mass is 16.2. The molecule has 1 atom stereocenters. The molecule has 1 aromatic carbocycles. The number of rotatable bonds is 0. The van der Waals surface area contributed by atoms with Crippen LogP contribution >= 0.6 is 0 Å². The minimum atomic E-state index is -0.893. The molecular formula is C14H13NO2. The number of carbonyl (C=O) groups is 2. The Bertz CT molecular complexity index is 559. The first-order chi connectivity index (χ1) is 8.13. The molecule has 1 unspecified atom stereocenters. The van der Waals surface area contributed by atoms with Gasteiger partial charge >= 0.3 is 0 Å². The lowest BCUT2D eigenvalue weighted by atomic mass is 9.83. The molecular weight excluding hydrogens is 214 g/mol. The van der Waals surface area contributed by atoms with Crippen LogP contribution < -0.4 is 5.32 Å². The average molecular weight is 227 g/mol. The number of benzene rings is 1. The number of fused-ring (bicyclic) bond motifs is 2. The molecule has 0 bridgehead atoms. The Hall–Kier alpha value is -1.90. The monoisotopic (exact) mass is 227 g/mol. The van der Waals surface area contributed by atoms with E-state index in [4.69, 9.17) is 0 Å². The van der Waals surface area contributed by atoms with Crippen molar-refractivity contribution in [2.45, 2.75) is 25.3 Å². The van der Waals surface area contributed by atoms with Crippen LogP contribution in [0.4, 0.5) is 0 Å². The molecule has 1 heterocycles. The normalized spacial score (nSPS) is 26.8. The van der Waals surface area contributed by atoms with Gasteiger partial charge in [-0.3, -0.25) is 9.59 Å². The summed E-state index contributed by atoms with van der Waals surface area (Å²) < 4.78 is 0. The third-order valence-corrected chi connectivity index (χ3v) is 3.57. The van der Waals surface area contributed by atoms with Crippen molar-refractivity contribution in [1.29, 1.82) is 0 Å². The van der Waals surface area contributed by atoms with Crippen molar-refractivity contribution >= 4 is 17.3 Å². The van der Waals surface area contributed by atoms with E-state index in [9.17, 15) is 9.59 Å². The van der Waals surface area contributed by atoms with E-state index in [2.05, 4.69) is 5.32 Å². The molecule has 1 aliphatic heterocycles. The van der Waals surface area contributed by atoms with E-state index in [0.29, 0.717) is 12.8 Å². The minimum absolute atomic E-state index is 0.0506. The average Bonchev–Trinajstić information content (AvgIpc) is 2.60. The topological polar surface area (TPSA) is 46.2 Å². The van der Waals surface area contributed by atoms with Gasteiger partial charge in [0, 0.05) is 12.8 Å². The third kappa shape index (κ3) is 1.28. The zero-order valence-electron chi connectivity index (χ0n) is 9.62. The second kappa shape index (κ2) is 3.29. The van der Waals surface area contributed by atoms with E-state index in [1.54, 1.807) is 0 Å². The standard InChI is InChI=1S/C14H13NO2/c1-9-8-14(11-5-3-2-4-10(9)11)12(16)6-7-13(17)15-14/h2-5,8H,6-7H2,1H3,(H,15,17). The molecule has 3 rings (SSSR count). The fraction of sp³-hybridized carbons (Fsp3) is 0.286. The summed E-state index contributed by atoms with van der Waals surface area (Å²) in [6, 6.07) is 7.77. The molecule has 17 heavy (non-hydrogen) atoms. The van der Waals surface area contributed by atoms with Crippen molar-refractivity contribution in [2.24, 2.45) is 0 Å². The van der Waals surface area contributed by atoms with E-state index < -0.39 is 5.54 Å². The maximum atomic E-state index is 12.2. The van der Waals surface area contributed by atoms with Crippen molar-refractivity contribution in [1.82, 2.24) is 5.32 Å². The first-order valence-electron chi connectivity index (χ1n) is 5.77. The number of amides is 1. The van der Waals surface area contributed by atoms with Crippen LogP contribution in [0.3, 0.4) is 0 Å². The zero-order valence-corrected chi connectivity index (χ0v) is 9.62. The van der Waals surface area contributed by atoms with Gasteiger partial charge in [-0.1, -0.05) is 24.3 Å². The molecule has 3 heteroatoms. The second-order valence-electron chi connectivity index (χ2n) is 4.65. The summed E-state index contributed by atoms with van der Waals surface area (Å²) in [7, 11) is 0. The van der Waals surface area contributed by atoms with Gasteiger partial charge in [0.15, 0.2) is 5.78 Å². The van der Waals surface area contributed by atoms with Gasteiger partial charge in [-0.2, -0.15) is 0 Å². The highest BCUT2D eigenvalue weighted by molar-refractivity contribution is 6.04. The summed E-state index contributed by atoms with van der Waals surface area (Å²) >= 11 is 0. The summed E-state index contributed by atoms with van der Waals surface area (Å²) in [6.45, 7) is 1.97. The number of ketones is 1. The smallest absolute Gasteiger partial charge is 0.221 e. The third-order valence-electron chi connectivity index (χ3n) is 3.57. The molecule has 1 N–H and O–H groups in total. The Labute approximate surface area is 99.5 Å². The molecule has 1 spiro atoms. The predicted octanol–water partition coefficient (Wildman–Crippen LogP) is 1.78. The molecule has 0 aromatic heterocycles. The van der Waals surface area contributed by atoms with Crippen molar-refractivity contribution in [3.05, 3.63) is 41.5 Å². The Morgan fingerprint density at radius 3 is 2.76 bits per heavy atom. The van der Waals surface area contributed by atoms with Crippen LogP contribution in [0.2, 0.25) is 0 Å². The molecule has 0 saturated carbocycles. The number of Topliss-reactive ketones (excluding diaryl/α,β-unsaturated/α-hetero) is 1. The van der Waals surface area contributed by atoms with Crippen LogP contribution in [0.15, 0.2) is 30.3 Å². The minimum Gasteiger partial charge on any atom is -0.336 e.